The zero-order valence-electron chi connectivity index (χ0n) is 11.1. The molecule has 2 nitrogen and oxygen atoms in total. The standard InChI is InChI=1S/C15H22N2S/c1-17-7-6-12(11-17)9-16-10-14-8-13-4-2-3-5-15(13)18-14/h2-5,12,14,16H,6-11H2,1H3. The molecule has 1 N–H and O–H groups in total. The van der Waals surface area contributed by atoms with E-state index in [-0.39, 0.29) is 0 Å². The Hall–Kier alpha value is -0.510. The maximum Gasteiger partial charge on any atom is 0.0260 e. The Morgan fingerprint density at radius 2 is 2.22 bits per heavy atom. The van der Waals surface area contributed by atoms with Crippen LogP contribution in [0.2, 0.25) is 0 Å². The van der Waals surface area contributed by atoms with Gasteiger partial charge in [-0.1, -0.05) is 18.2 Å². The second kappa shape index (κ2) is 5.64. The normalized spacial score (nSPS) is 27.6. The summed E-state index contributed by atoms with van der Waals surface area (Å²) in [6.07, 6.45) is 2.60. The lowest BCUT2D eigenvalue weighted by Gasteiger charge is -2.14. The molecule has 0 radical (unpaired) electrons. The largest absolute Gasteiger partial charge is 0.315 e. The van der Waals surface area contributed by atoms with Crippen LogP contribution in [-0.2, 0) is 6.42 Å². The van der Waals surface area contributed by atoms with Gasteiger partial charge in [0.1, 0.15) is 0 Å². The van der Waals surface area contributed by atoms with Crippen LogP contribution in [0.3, 0.4) is 0 Å². The van der Waals surface area contributed by atoms with Gasteiger partial charge in [0, 0.05) is 23.2 Å². The van der Waals surface area contributed by atoms with Gasteiger partial charge in [0.25, 0.3) is 0 Å². The van der Waals surface area contributed by atoms with Crippen molar-refractivity contribution in [3.8, 4) is 0 Å². The number of hydrogen-bond donors (Lipinski definition) is 1. The van der Waals surface area contributed by atoms with E-state index in [0.717, 1.165) is 17.7 Å². The Morgan fingerprint density at radius 1 is 1.33 bits per heavy atom. The average molecular weight is 262 g/mol. The summed E-state index contributed by atoms with van der Waals surface area (Å²) >= 11 is 2.05. The molecule has 2 aliphatic rings. The van der Waals surface area contributed by atoms with Crippen LogP contribution in [0.1, 0.15) is 12.0 Å². The van der Waals surface area contributed by atoms with Gasteiger partial charge in [-0.2, -0.15) is 0 Å². The van der Waals surface area contributed by atoms with Crippen molar-refractivity contribution in [2.45, 2.75) is 23.0 Å². The van der Waals surface area contributed by atoms with Crippen molar-refractivity contribution in [3.63, 3.8) is 0 Å². The summed E-state index contributed by atoms with van der Waals surface area (Å²) in [5.41, 5.74) is 1.54. The van der Waals surface area contributed by atoms with E-state index in [1.807, 2.05) is 11.8 Å². The van der Waals surface area contributed by atoms with Gasteiger partial charge in [-0.3, -0.25) is 0 Å². The summed E-state index contributed by atoms with van der Waals surface area (Å²) in [7, 11) is 2.23. The first-order chi connectivity index (χ1) is 8.81. The van der Waals surface area contributed by atoms with E-state index < -0.39 is 0 Å². The van der Waals surface area contributed by atoms with Crippen LogP contribution < -0.4 is 5.32 Å². The first-order valence-corrected chi connectivity index (χ1v) is 7.83. The minimum Gasteiger partial charge on any atom is -0.315 e. The summed E-state index contributed by atoms with van der Waals surface area (Å²) in [4.78, 5) is 3.93. The summed E-state index contributed by atoms with van der Waals surface area (Å²) in [5, 5.41) is 4.41. The van der Waals surface area contributed by atoms with Crippen molar-refractivity contribution in [1.82, 2.24) is 10.2 Å². The van der Waals surface area contributed by atoms with Crippen LogP contribution >= 0.6 is 11.8 Å². The molecule has 2 aliphatic heterocycles. The van der Waals surface area contributed by atoms with Crippen molar-refractivity contribution in [3.05, 3.63) is 29.8 Å². The highest BCUT2D eigenvalue weighted by Crippen LogP contribution is 2.36. The van der Waals surface area contributed by atoms with E-state index >= 15 is 0 Å². The highest BCUT2D eigenvalue weighted by Gasteiger charge is 2.23. The van der Waals surface area contributed by atoms with Gasteiger partial charge < -0.3 is 10.2 Å². The monoisotopic (exact) mass is 262 g/mol. The summed E-state index contributed by atoms with van der Waals surface area (Å²) < 4.78 is 0. The molecule has 0 aliphatic carbocycles. The molecule has 3 heteroatoms. The predicted molar refractivity (Wildman–Crippen MR) is 78.3 cm³/mol. The molecule has 2 atom stereocenters. The number of likely N-dealkylation sites (tertiary alicyclic amines) is 1. The van der Waals surface area contributed by atoms with E-state index in [0.29, 0.717) is 0 Å². The lowest BCUT2D eigenvalue weighted by molar-refractivity contribution is 0.388. The van der Waals surface area contributed by atoms with Crippen LogP contribution in [-0.4, -0.2) is 43.4 Å². The molecule has 1 saturated heterocycles. The highest BCUT2D eigenvalue weighted by molar-refractivity contribution is 8.00. The Morgan fingerprint density at radius 3 is 3.00 bits per heavy atom. The minimum atomic E-state index is 0.738. The molecule has 0 aromatic heterocycles. The third kappa shape index (κ3) is 2.90. The Labute approximate surface area is 114 Å². The van der Waals surface area contributed by atoms with E-state index in [1.54, 1.807) is 0 Å². The number of hydrogen-bond acceptors (Lipinski definition) is 3. The molecule has 0 amide bonds. The second-order valence-corrected chi connectivity index (χ2v) is 6.97. The summed E-state index contributed by atoms with van der Waals surface area (Å²) in [6, 6.07) is 8.83. The number of rotatable bonds is 4. The molecule has 1 fully saturated rings. The fraction of sp³-hybridized carbons (Fsp3) is 0.600. The number of benzene rings is 1. The van der Waals surface area contributed by atoms with Crippen LogP contribution in [0.4, 0.5) is 0 Å². The summed E-state index contributed by atoms with van der Waals surface area (Å²) in [6.45, 7) is 4.89. The van der Waals surface area contributed by atoms with E-state index in [2.05, 4.69) is 41.5 Å². The third-order valence-electron chi connectivity index (χ3n) is 4.01. The van der Waals surface area contributed by atoms with Crippen LogP contribution in [0, 0.1) is 5.92 Å². The molecular weight excluding hydrogens is 240 g/mol. The van der Waals surface area contributed by atoms with Gasteiger partial charge in [0.2, 0.25) is 0 Å². The molecule has 0 spiro atoms. The lowest BCUT2D eigenvalue weighted by Crippen LogP contribution is -2.30. The van der Waals surface area contributed by atoms with Crippen molar-refractivity contribution < 1.29 is 0 Å². The zero-order valence-corrected chi connectivity index (χ0v) is 11.9. The van der Waals surface area contributed by atoms with Gasteiger partial charge >= 0.3 is 0 Å². The maximum absolute atomic E-state index is 3.68. The molecule has 2 heterocycles. The van der Waals surface area contributed by atoms with E-state index in [1.165, 1.54) is 42.9 Å². The molecular formula is C15H22N2S. The predicted octanol–water partition coefficient (Wildman–Crippen LogP) is 2.24. The minimum absolute atomic E-state index is 0.738. The molecule has 3 rings (SSSR count). The summed E-state index contributed by atoms with van der Waals surface area (Å²) in [5.74, 6) is 0.865. The van der Waals surface area contributed by atoms with Crippen LogP contribution in [0.25, 0.3) is 0 Å². The van der Waals surface area contributed by atoms with Crippen molar-refractivity contribution in [2.75, 3.05) is 33.2 Å². The van der Waals surface area contributed by atoms with Gasteiger partial charge in [-0.05, 0) is 50.5 Å². The maximum atomic E-state index is 3.68. The second-order valence-electron chi connectivity index (χ2n) is 5.63. The van der Waals surface area contributed by atoms with E-state index in [4.69, 9.17) is 0 Å². The molecule has 1 aromatic rings. The van der Waals surface area contributed by atoms with Crippen molar-refractivity contribution >= 4 is 11.8 Å². The van der Waals surface area contributed by atoms with Crippen LogP contribution in [0.5, 0.6) is 0 Å². The zero-order chi connectivity index (χ0) is 12.4. The first-order valence-electron chi connectivity index (χ1n) is 6.95. The molecule has 18 heavy (non-hydrogen) atoms. The third-order valence-corrected chi connectivity index (χ3v) is 5.33. The molecule has 0 bridgehead atoms. The fourth-order valence-electron chi connectivity index (χ4n) is 3.01. The Kier molecular flexibility index (Phi) is 3.92. The fourth-order valence-corrected chi connectivity index (χ4v) is 4.29. The first kappa shape index (κ1) is 12.5. The number of nitrogens with zero attached hydrogens (tertiary/aromatic N) is 1. The topological polar surface area (TPSA) is 15.3 Å². The molecule has 2 unspecified atom stereocenters. The lowest BCUT2D eigenvalue weighted by atomic mass is 10.1. The molecule has 98 valence electrons. The van der Waals surface area contributed by atoms with Gasteiger partial charge in [-0.25, -0.2) is 0 Å². The SMILES string of the molecule is CN1CCC(CNCC2Cc3ccccc3S2)C1. The molecule has 0 saturated carbocycles. The van der Waals surface area contributed by atoms with Crippen molar-refractivity contribution in [1.29, 1.82) is 0 Å². The van der Waals surface area contributed by atoms with Gasteiger partial charge in [0.15, 0.2) is 0 Å². The highest BCUT2D eigenvalue weighted by atomic mass is 32.2. The number of fused-ring (bicyclic) bond motifs is 1. The quantitative estimate of drug-likeness (QED) is 0.896. The number of thioether (sulfide) groups is 1. The molecule has 1 aromatic carbocycles. The average Bonchev–Trinajstić information content (AvgIpc) is 2.95. The Balaban J connectivity index is 1.41. The Bertz CT molecular complexity index is 382. The van der Waals surface area contributed by atoms with Crippen molar-refractivity contribution in [2.24, 2.45) is 5.92 Å². The number of nitrogens with one attached hydrogen (secondary N) is 1. The smallest absolute Gasteiger partial charge is 0.0260 e. The van der Waals surface area contributed by atoms with Gasteiger partial charge in [0.05, 0.1) is 0 Å². The van der Waals surface area contributed by atoms with Gasteiger partial charge in [-0.15, -0.1) is 11.8 Å². The van der Waals surface area contributed by atoms with E-state index in [9.17, 15) is 0 Å². The van der Waals surface area contributed by atoms with Crippen LogP contribution in [0.15, 0.2) is 29.2 Å².